The second kappa shape index (κ2) is 7.58. The van der Waals surface area contributed by atoms with Gasteiger partial charge >= 0.3 is 0 Å². The summed E-state index contributed by atoms with van der Waals surface area (Å²) in [6, 6.07) is 9.91. The quantitative estimate of drug-likeness (QED) is 0.851. The Kier molecular flexibility index (Phi) is 5.27. The van der Waals surface area contributed by atoms with Crippen molar-refractivity contribution < 1.29 is 9.53 Å². The Morgan fingerprint density at radius 2 is 2.04 bits per heavy atom. The molecule has 1 aromatic carbocycles. The van der Waals surface area contributed by atoms with Crippen LogP contribution in [0, 0.1) is 17.2 Å². The van der Waals surface area contributed by atoms with Crippen LogP contribution in [0.1, 0.15) is 24.0 Å². The van der Waals surface area contributed by atoms with Gasteiger partial charge in [0.1, 0.15) is 0 Å². The molecule has 0 N–H and O–H groups in total. The molecule has 0 spiro atoms. The van der Waals surface area contributed by atoms with Gasteiger partial charge in [0.25, 0.3) is 0 Å². The van der Waals surface area contributed by atoms with Gasteiger partial charge in [0.05, 0.1) is 24.2 Å². The Balaban J connectivity index is 1.53. The van der Waals surface area contributed by atoms with E-state index in [2.05, 4.69) is 11.0 Å². The summed E-state index contributed by atoms with van der Waals surface area (Å²) >= 11 is 0. The van der Waals surface area contributed by atoms with E-state index in [0.29, 0.717) is 12.2 Å². The van der Waals surface area contributed by atoms with Gasteiger partial charge in [-0.3, -0.25) is 9.69 Å². The number of ether oxygens (including phenoxy) is 1. The number of amides is 1. The molecule has 2 aliphatic rings. The summed E-state index contributed by atoms with van der Waals surface area (Å²) in [4.78, 5) is 16.9. The maximum atomic E-state index is 12.5. The molecule has 0 aromatic heterocycles. The van der Waals surface area contributed by atoms with Gasteiger partial charge in [-0.1, -0.05) is 12.1 Å². The zero-order valence-corrected chi connectivity index (χ0v) is 13.4. The zero-order valence-electron chi connectivity index (χ0n) is 13.4. The molecule has 5 nitrogen and oxygen atoms in total. The van der Waals surface area contributed by atoms with E-state index < -0.39 is 0 Å². The molecular formula is C18H23N3O2. The monoisotopic (exact) mass is 313 g/mol. The SMILES string of the molecule is N#Cc1ccc(CN2CCCN(C(=O)C3CCOC3)CC2)cc1. The Morgan fingerprint density at radius 3 is 2.74 bits per heavy atom. The van der Waals surface area contributed by atoms with Crippen molar-refractivity contribution in [3.05, 3.63) is 35.4 Å². The minimum Gasteiger partial charge on any atom is -0.381 e. The third-order valence-corrected chi connectivity index (χ3v) is 4.67. The predicted molar refractivity (Wildman–Crippen MR) is 86.6 cm³/mol. The Hall–Kier alpha value is -1.90. The van der Waals surface area contributed by atoms with Gasteiger partial charge in [0, 0.05) is 39.3 Å². The molecule has 2 saturated heterocycles. The second-order valence-electron chi connectivity index (χ2n) is 6.32. The van der Waals surface area contributed by atoms with Crippen molar-refractivity contribution >= 4 is 5.91 Å². The molecular weight excluding hydrogens is 290 g/mol. The van der Waals surface area contributed by atoms with E-state index in [1.807, 2.05) is 29.2 Å². The molecule has 0 radical (unpaired) electrons. The topological polar surface area (TPSA) is 56.6 Å². The van der Waals surface area contributed by atoms with Gasteiger partial charge in [-0.05, 0) is 30.5 Å². The number of nitrogens with zero attached hydrogens (tertiary/aromatic N) is 3. The maximum Gasteiger partial charge on any atom is 0.228 e. The zero-order chi connectivity index (χ0) is 16.1. The highest BCUT2D eigenvalue weighted by Crippen LogP contribution is 2.17. The van der Waals surface area contributed by atoms with E-state index in [1.54, 1.807) is 0 Å². The highest BCUT2D eigenvalue weighted by atomic mass is 16.5. The number of hydrogen-bond acceptors (Lipinski definition) is 4. The third kappa shape index (κ3) is 4.10. The first-order chi connectivity index (χ1) is 11.3. The number of hydrogen-bond donors (Lipinski definition) is 0. The van der Waals surface area contributed by atoms with E-state index in [0.717, 1.165) is 52.2 Å². The lowest BCUT2D eigenvalue weighted by atomic mass is 10.1. The Bertz CT molecular complexity index is 573. The smallest absolute Gasteiger partial charge is 0.228 e. The second-order valence-corrected chi connectivity index (χ2v) is 6.32. The fourth-order valence-electron chi connectivity index (χ4n) is 3.28. The van der Waals surface area contributed by atoms with Crippen LogP contribution in [0.4, 0.5) is 0 Å². The molecule has 0 saturated carbocycles. The van der Waals surface area contributed by atoms with Crippen molar-refractivity contribution in [2.24, 2.45) is 5.92 Å². The van der Waals surface area contributed by atoms with Gasteiger partial charge in [0.15, 0.2) is 0 Å². The number of carbonyl (C=O) groups is 1. The Morgan fingerprint density at radius 1 is 1.22 bits per heavy atom. The van der Waals surface area contributed by atoms with Crippen molar-refractivity contribution in [2.75, 3.05) is 39.4 Å². The largest absolute Gasteiger partial charge is 0.381 e. The van der Waals surface area contributed by atoms with Gasteiger partial charge in [0.2, 0.25) is 5.91 Å². The lowest BCUT2D eigenvalue weighted by Gasteiger charge is -2.24. The fourth-order valence-corrected chi connectivity index (χ4v) is 3.28. The van der Waals surface area contributed by atoms with Crippen LogP contribution in [-0.4, -0.2) is 55.1 Å². The molecule has 5 heteroatoms. The average Bonchev–Trinajstić information content (AvgIpc) is 3.02. The first-order valence-corrected chi connectivity index (χ1v) is 8.34. The summed E-state index contributed by atoms with van der Waals surface area (Å²) in [5.74, 6) is 0.336. The number of nitriles is 1. The van der Waals surface area contributed by atoms with Crippen LogP contribution >= 0.6 is 0 Å². The van der Waals surface area contributed by atoms with E-state index in [1.165, 1.54) is 5.56 Å². The molecule has 2 heterocycles. The summed E-state index contributed by atoms with van der Waals surface area (Å²) < 4.78 is 5.34. The van der Waals surface area contributed by atoms with Gasteiger partial charge in [-0.25, -0.2) is 0 Å². The van der Waals surface area contributed by atoms with E-state index in [-0.39, 0.29) is 11.8 Å². The molecule has 1 atom stereocenters. The van der Waals surface area contributed by atoms with Crippen molar-refractivity contribution in [1.29, 1.82) is 5.26 Å². The predicted octanol–water partition coefficient (Wildman–Crippen LogP) is 1.63. The molecule has 2 fully saturated rings. The molecule has 0 bridgehead atoms. The van der Waals surface area contributed by atoms with E-state index >= 15 is 0 Å². The number of rotatable bonds is 3. The Labute approximate surface area is 137 Å². The lowest BCUT2D eigenvalue weighted by Crippen LogP contribution is -2.39. The van der Waals surface area contributed by atoms with Gasteiger partial charge < -0.3 is 9.64 Å². The molecule has 0 aliphatic carbocycles. The van der Waals surface area contributed by atoms with Gasteiger partial charge in [-0.2, -0.15) is 5.26 Å². The number of carbonyl (C=O) groups excluding carboxylic acids is 1. The molecule has 122 valence electrons. The lowest BCUT2D eigenvalue weighted by molar-refractivity contribution is -0.135. The summed E-state index contributed by atoms with van der Waals surface area (Å²) in [6.45, 7) is 5.73. The van der Waals surface area contributed by atoms with Crippen LogP contribution in [0.15, 0.2) is 24.3 Å². The van der Waals surface area contributed by atoms with E-state index in [4.69, 9.17) is 10.00 Å². The van der Waals surface area contributed by atoms with Crippen LogP contribution in [0.25, 0.3) is 0 Å². The molecule has 1 aromatic rings. The first-order valence-electron chi connectivity index (χ1n) is 8.34. The average molecular weight is 313 g/mol. The molecule has 1 unspecified atom stereocenters. The van der Waals surface area contributed by atoms with Crippen LogP contribution in [-0.2, 0) is 16.1 Å². The molecule has 23 heavy (non-hydrogen) atoms. The summed E-state index contributed by atoms with van der Waals surface area (Å²) in [7, 11) is 0. The van der Waals surface area contributed by atoms with Crippen LogP contribution in [0.3, 0.4) is 0 Å². The summed E-state index contributed by atoms with van der Waals surface area (Å²) in [5, 5.41) is 8.85. The summed E-state index contributed by atoms with van der Waals surface area (Å²) in [5.41, 5.74) is 1.91. The standard InChI is InChI=1S/C18H23N3O2/c19-12-15-2-4-16(5-3-15)13-20-7-1-8-21(10-9-20)18(22)17-6-11-23-14-17/h2-5,17H,1,6-11,13-14H2. The van der Waals surface area contributed by atoms with Crippen molar-refractivity contribution in [3.8, 4) is 6.07 Å². The number of benzene rings is 1. The first kappa shape index (κ1) is 16.0. The normalized spacial score (nSPS) is 22.6. The van der Waals surface area contributed by atoms with Crippen LogP contribution < -0.4 is 0 Å². The van der Waals surface area contributed by atoms with Crippen molar-refractivity contribution in [2.45, 2.75) is 19.4 Å². The molecule has 2 aliphatic heterocycles. The minimum atomic E-state index is 0.0695. The maximum absolute atomic E-state index is 12.5. The highest BCUT2D eigenvalue weighted by molar-refractivity contribution is 5.79. The van der Waals surface area contributed by atoms with Gasteiger partial charge in [-0.15, -0.1) is 0 Å². The summed E-state index contributed by atoms with van der Waals surface area (Å²) in [6.07, 6.45) is 1.87. The highest BCUT2D eigenvalue weighted by Gasteiger charge is 2.29. The van der Waals surface area contributed by atoms with Crippen molar-refractivity contribution in [3.63, 3.8) is 0 Å². The molecule has 1 amide bonds. The fraction of sp³-hybridized carbons (Fsp3) is 0.556. The third-order valence-electron chi connectivity index (χ3n) is 4.67. The van der Waals surface area contributed by atoms with Crippen molar-refractivity contribution in [1.82, 2.24) is 9.80 Å². The van der Waals surface area contributed by atoms with E-state index in [9.17, 15) is 4.79 Å². The molecule has 3 rings (SSSR count). The van der Waals surface area contributed by atoms with Crippen LogP contribution in [0.2, 0.25) is 0 Å². The minimum absolute atomic E-state index is 0.0695. The van der Waals surface area contributed by atoms with Crippen LogP contribution in [0.5, 0.6) is 0 Å².